The molecule has 5 aromatic rings. The molecule has 0 amide bonds. The predicted octanol–water partition coefficient (Wildman–Crippen LogP) is 11.9. The van der Waals surface area contributed by atoms with Crippen LogP contribution in [0.2, 0.25) is 0 Å². The standard InChI is InChI=1S/C26H21N2S.C15H28O2.Ir/c1-26(2,3)21-13-19(12-17-8-4-6-10-20(17)21)22-15-23(28-16-27-22)25-14-18-9-5-7-11-24(18)29-25;1-7-14(5,8-2)12(16)11-13(17)15(6,9-3)10-4;/h4-11,13-16H,1-3H3;11,16H,7-10H2,1-6H3;/q-1;;/b;12-11-;. The fourth-order valence-corrected chi connectivity index (χ4v) is 6.45. The van der Waals surface area contributed by atoms with Gasteiger partial charge < -0.3 is 5.11 Å². The molecule has 2 heterocycles. The summed E-state index contributed by atoms with van der Waals surface area (Å²) in [6.07, 6.45) is 6.42. The van der Waals surface area contributed by atoms with Gasteiger partial charge in [0.15, 0.2) is 5.78 Å². The number of fused-ring (bicyclic) bond motifs is 2. The van der Waals surface area contributed by atoms with Gasteiger partial charge in [-0.15, -0.1) is 40.5 Å². The molecule has 3 aromatic carbocycles. The molecule has 1 radical (unpaired) electrons. The Morgan fingerprint density at radius 2 is 1.40 bits per heavy atom. The van der Waals surface area contributed by atoms with Crippen molar-refractivity contribution in [2.45, 2.75) is 93.4 Å². The van der Waals surface area contributed by atoms with Crippen LogP contribution in [0.4, 0.5) is 0 Å². The van der Waals surface area contributed by atoms with E-state index in [1.54, 1.807) is 17.7 Å². The normalized spacial score (nSPS) is 12.4. The summed E-state index contributed by atoms with van der Waals surface area (Å²) in [5.74, 6) is 0.286. The van der Waals surface area contributed by atoms with Crippen LogP contribution in [0.25, 0.3) is 42.7 Å². The van der Waals surface area contributed by atoms with Crippen LogP contribution in [0.15, 0.2) is 84.9 Å². The fourth-order valence-electron chi connectivity index (χ4n) is 5.42. The summed E-state index contributed by atoms with van der Waals surface area (Å²) in [7, 11) is 0. The Bertz CT molecular complexity index is 1810. The first-order chi connectivity index (χ1) is 21.8. The Labute approximate surface area is 299 Å². The molecule has 47 heavy (non-hydrogen) atoms. The third-order valence-corrected chi connectivity index (χ3v) is 10.9. The van der Waals surface area contributed by atoms with E-state index in [0.717, 1.165) is 52.9 Å². The maximum absolute atomic E-state index is 12.2. The van der Waals surface area contributed by atoms with Crippen LogP contribution in [0.1, 0.15) is 93.6 Å². The number of ketones is 1. The molecule has 0 fully saturated rings. The van der Waals surface area contributed by atoms with Gasteiger partial charge in [-0.1, -0.05) is 110 Å². The van der Waals surface area contributed by atoms with E-state index in [0.29, 0.717) is 0 Å². The number of aliphatic hydroxyl groups excluding tert-OH is 1. The molecule has 0 atom stereocenters. The van der Waals surface area contributed by atoms with Crippen molar-refractivity contribution in [2.24, 2.45) is 10.8 Å². The summed E-state index contributed by atoms with van der Waals surface area (Å²) in [6.45, 7) is 18.8. The number of benzene rings is 3. The van der Waals surface area contributed by atoms with Crippen molar-refractivity contribution in [1.29, 1.82) is 0 Å². The Morgan fingerprint density at radius 3 is 2.02 bits per heavy atom. The third-order valence-electron chi connectivity index (χ3n) is 9.81. The van der Waals surface area contributed by atoms with Crippen LogP contribution in [-0.4, -0.2) is 20.9 Å². The Kier molecular flexibility index (Phi) is 12.9. The first-order valence-corrected chi connectivity index (χ1v) is 17.3. The maximum atomic E-state index is 12.2. The molecule has 251 valence electrons. The van der Waals surface area contributed by atoms with Crippen LogP contribution < -0.4 is 0 Å². The second-order valence-electron chi connectivity index (χ2n) is 13.8. The number of carbonyl (C=O) groups excluding carboxylic acids is 1. The van der Waals surface area contributed by atoms with E-state index in [9.17, 15) is 9.90 Å². The van der Waals surface area contributed by atoms with Gasteiger partial charge in [-0.2, -0.15) is 0 Å². The molecule has 0 saturated heterocycles. The second-order valence-corrected chi connectivity index (χ2v) is 14.8. The van der Waals surface area contributed by atoms with Gasteiger partial charge in [0.1, 0.15) is 12.1 Å². The number of thiophene rings is 1. The monoisotopic (exact) mass is 826 g/mol. The number of hydrogen-bond donors (Lipinski definition) is 1. The number of aliphatic hydroxyl groups is 1. The van der Waals surface area contributed by atoms with E-state index in [2.05, 4.69) is 104 Å². The molecular formula is C41H49IrN2O2S-. The molecule has 0 unspecified atom stereocenters. The summed E-state index contributed by atoms with van der Waals surface area (Å²) in [4.78, 5) is 22.5. The van der Waals surface area contributed by atoms with Crippen molar-refractivity contribution in [1.82, 2.24) is 9.97 Å². The number of hydrogen-bond acceptors (Lipinski definition) is 5. The van der Waals surface area contributed by atoms with Crippen LogP contribution in [0.3, 0.4) is 0 Å². The van der Waals surface area contributed by atoms with Crippen molar-refractivity contribution in [3.05, 3.63) is 96.5 Å². The molecule has 4 nitrogen and oxygen atoms in total. The van der Waals surface area contributed by atoms with Gasteiger partial charge in [-0.05, 0) is 54.7 Å². The molecule has 0 saturated carbocycles. The largest absolute Gasteiger partial charge is 0.512 e. The topological polar surface area (TPSA) is 63.1 Å². The molecule has 0 bridgehead atoms. The van der Waals surface area contributed by atoms with Gasteiger partial charge >= 0.3 is 0 Å². The average molecular weight is 826 g/mol. The summed E-state index contributed by atoms with van der Waals surface area (Å²) in [6, 6.07) is 27.0. The van der Waals surface area contributed by atoms with Crippen molar-refractivity contribution in [2.75, 3.05) is 0 Å². The molecule has 0 aliphatic rings. The number of rotatable bonds is 9. The van der Waals surface area contributed by atoms with Crippen LogP contribution in [0, 0.1) is 16.9 Å². The van der Waals surface area contributed by atoms with Gasteiger partial charge in [-0.3, -0.25) is 9.78 Å². The Balaban J connectivity index is 0.000000290. The fraction of sp³-hybridized carbons (Fsp3) is 0.390. The van der Waals surface area contributed by atoms with E-state index in [-0.39, 0.29) is 47.9 Å². The summed E-state index contributed by atoms with van der Waals surface area (Å²) in [5, 5.41) is 13.8. The van der Waals surface area contributed by atoms with E-state index in [4.69, 9.17) is 0 Å². The predicted molar refractivity (Wildman–Crippen MR) is 196 cm³/mol. The van der Waals surface area contributed by atoms with E-state index < -0.39 is 0 Å². The number of allylic oxidation sites excluding steroid dienone is 2. The minimum atomic E-state index is -0.337. The quantitative estimate of drug-likeness (QED) is 0.0913. The van der Waals surface area contributed by atoms with E-state index in [1.807, 2.05) is 41.5 Å². The van der Waals surface area contributed by atoms with Gasteiger partial charge in [0.05, 0.1) is 10.6 Å². The van der Waals surface area contributed by atoms with Gasteiger partial charge in [0.25, 0.3) is 0 Å². The SMILES string of the molecule is CC(C)(C)c1cc(-c2cc(-c3cc4ccccc4s3)ncn2)[c-]c2ccccc12.CCC(C)(CC)C(=O)/C=C(\O)C(C)(CC)CC.[Ir]. The summed E-state index contributed by atoms with van der Waals surface area (Å²) >= 11 is 1.76. The Hall–Kier alpha value is -3.18. The van der Waals surface area contributed by atoms with Crippen molar-refractivity contribution in [3.8, 4) is 21.8 Å². The zero-order chi connectivity index (χ0) is 33.7. The smallest absolute Gasteiger partial charge is 0.164 e. The molecule has 0 aliphatic carbocycles. The molecule has 6 heteroatoms. The first-order valence-electron chi connectivity index (χ1n) is 16.5. The minimum absolute atomic E-state index is 0. The molecular weight excluding hydrogens is 777 g/mol. The average Bonchev–Trinajstić information content (AvgIpc) is 3.51. The minimum Gasteiger partial charge on any atom is -0.512 e. The summed E-state index contributed by atoms with van der Waals surface area (Å²) in [5.41, 5.74) is 3.61. The van der Waals surface area contributed by atoms with Gasteiger partial charge in [0.2, 0.25) is 0 Å². The number of carbonyl (C=O) groups is 1. The second kappa shape index (κ2) is 15.8. The Morgan fingerprint density at radius 1 is 0.809 bits per heavy atom. The molecule has 0 spiro atoms. The molecule has 0 aliphatic heterocycles. The first kappa shape index (κ1) is 38.3. The molecule has 2 aromatic heterocycles. The van der Waals surface area contributed by atoms with Crippen LogP contribution in [0.5, 0.6) is 0 Å². The van der Waals surface area contributed by atoms with Crippen molar-refractivity contribution in [3.63, 3.8) is 0 Å². The zero-order valence-electron chi connectivity index (χ0n) is 29.3. The number of nitrogens with zero attached hydrogens (tertiary/aromatic N) is 2. The maximum Gasteiger partial charge on any atom is 0.164 e. The van der Waals surface area contributed by atoms with Crippen LogP contribution >= 0.6 is 11.3 Å². The van der Waals surface area contributed by atoms with Gasteiger partial charge in [-0.25, -0.2) is 4.98 Å². The van der Waals surface area contributed by atoms with E-state index >= 15 is 0 Å². The zero-order valence-corrected chi connectivity index (χ0v) is 32.5. The summed E-state index contributed by atoms with van der Waals surface area (Å²) < 4.78 is 1.27. The molecule has 5 rings (SSSR count). The molecule has 1 N–H and O–H groups in total. The van der Waals surface area contributed by atoms with Gasteiger partial charge in [0, 0.05) is 47.4 Å². The van der Waals surface area contributed by atoms with E-state index in [1.165, 1.54) is 27.1 Å². The van der Waals surface area contributed by atoms with Crippen molar-refractivity contribution < 1.29 is 30.0 Å². The van der Waals surface area contributed by atoms with Crippen molar-refractivity contribution >= 4 is 38.0 Å². The third kappa shape index (κ3) is 8.65. The number of aromatic nitrogens is 2. The van der Waals surface area contributed by atoms with Crippen LogP contribution in [-0.2, 0) is 30.3 Å².